The number of nitrogens with zero attached hydrogens (tertiary/aromatic N) is 5. The Morgan fingerprint density at radius 3 is 2.62 bits per heavy atom. The molecule has 2 fully saturated rings. The Bertz CT molecular complexity index is 1430. The average molecular weight is 528 g/mol. The van der Waals surface area contributed by atoms with E-state index in [1.807, 2.05) is 18.7 Å². The number of halogens is 2. The van der Waals surface area contributed by atoms with Crippen molar-refractivity contribution in [3.63, 3.8) is 0 Å². The topological polar surface area (TPSA) is 100 Å². The van der Waals surface area contributed by atoms with Crippen molar-refractivity contribution in [1.82, 2.24) is 24.4 Å². The minimum Gasteiger partial charge on any atom is -0.489 e. The van der Waals surface area contributed by atoms with Crippen LogP contribution in [0.2, 0.25) is 5.02 Å². The van der Waals surface area contributed by atoms with Gasteiger partial charge in [-0.15, -0.1) is 0 Å². The van der Waals surface area contributed by atoms with Gasteiger partial charge in [-0.05, 0) is 51.7 Å². The molecular formula is C26H27ClFN5O4. The number of hydrogen-bond donors (Lipinski definition) is 1. The van der Waals surface area contributed by atoms with E-state index in [4.69, 9.17) is 16.3 Å². The molecule has 0 spiro atoms. The van der Waals surface area contributed by atoms with Gasteiger partial charge in [0.25, 0.3) is 5.91 Å². The Kier molecular flexibility index (Phi) is 5.83. The molecule has 37 heavy (non-hydrogen) atoms. The van der Waals surface area contributed by atoms with E-state index in [9.17, 15) is 19.1 Å². The van der Waals surface area contributed by atoms with E-state index >= 15 is 0 Å². The molecule has 0 aliphatic carbocycles. The number of piperidine rings is 1. The van der Waals surface area contributed by atoms with Gasteiger partial charge < -0.3 is 14.7 Å². The maximum Gasteiger partial charge on any atom is 0.317 e. The van der Waals surface area contributed by atoms with Crippen LogP contribution in [-0.4, -0.2) is 66.1 Å². The highest BCUT2D eigenvalue weighted by atomic mass is 35.5. The van der Waals surface area contributed by atoms with E-state index in [0.717, 1.165) is 29.8 Å². The second-order valence-electron chi connectivity index (χ2n) is 10.2. The quantitative estimate of drug-likeness (QED) is 0.539. The van der Waals surface area contributed by atoms with Crippen LogP contribution >= 0.6 is 11.6 Å². The molecule has 1 amide bonds. The summed E-state index contributed by atoms with van der Waals surface area (Å²) in [5, 5.41) is 14.4. The van der Waals surface area contributed by atoms with Crippen LogP contribution in [0, 0.1) is 19.7 Å². The molecule has 9 nitrogen and oxygen atoms in total. The first-order valence-electron chi connectivity index (χ1n) is 12.5. The molecule has 2 aromatic heterocycles. The van der Waals surface area contributed by atoms with Gasteiger partial charge in [-0.1, -0.05) is 11.6 Å². The predicted octanol–water partition coefficient (Wildman–Crippen LogP) is 3.75. The molecule has 1 N–H and O–H groups in total. The number of aliphatic carboxylic acids is 1. The van der Waals surface area contributed by atoms with Crippen molar-refractivity contribution >= 4 is 29.1 Å². The summed E-state index contributed by atoms with van der Waals surface area (Å²) in [6, 6.07) is 4.23. The van der Waals surface area contributed by atoms with Gasteiger partial charge in [-0.2, -0.15) is 5.10 Å². The number of amides is 1. The van der Waals surface area contributed by atoms with Crippen LogP contribution in [0.15, 0.2) is 18.2 Å². The van der Waals surface area contributed by atoms with Gasteiger partial charge in [-0.25, -0.2) is 13.9 Å². The molecule has 1 aromatic carbocycles. The maximum atomic E-state index is 14.3. The zero-order valence-electron chi connectivity index (χ0n) is 20.6. The molecule has 3 atom stereocenters. The molecule has 5 heterocycles. The lowest BCUT2D eigenvalue weighted by Crippen LogP contribution is -2.48. The predicted molar refractivity (Wildman–Crippen MR) is 132 cm³/mol. The molecule has 2 saturated heterocycles. The summed E-state index contributed by atoms with van der Waals surface area (Å²) in [5.41, 5.74) is 4.13. The van der Waals surface area contributed by atoms with Crippen LogP contribution in [0.5, 0.6) is 5.75 Å². The van der Waals surface area contributed by atoms with Gasteiger partial charge in [0.1, 0.15) is 17.7 Å². The third kappa shape index (κ3) is 4.12. The molecule has 0 unspecified atom stereocenters. The minimum atomic E-state index is -0.836. The number of fused-ring (bicyclic) bond motifs is 5. The van der Waals surface area contributed by atoms with Crippen molar-refractivity contribution in [2.45, 2.75) is 70.8 Å². The van der Waals surface area contributed by atoms with E-state index < -0.39 is 11.8 Å². The molecule has 194 valence electrons. The Morgan fingerprint density at radius 1 is 1.19 bits per heavy atom. The van der Waals surface area contributed by atoms with Crippen LogP contribution in [0.4, 0.5) is 4.39 Å². The number of carbonyl (C=O) groups is 2. The van der Waals surface area contributed by atoms with Crippen molar-refractivity contribution in [2.75, 3.05) is 6.54 Å². The van der Waals surface area contributed by atoms with Crippen LogP contribution in [0.1, 0.15) is 58.7 Å². The van der Waals surface area contributed by atoms with Gasteiger partial charge in [0, 0.05) is 23.7 Å². The number of hydrogen-bond acceptors (Lipinski definition) is 6. The fraction of sp³-hybridized carbons (Fsp3) is 0.462. The normalized spacial score (nSPS) is 23.0. The van der Waals surface area contributed by atoms with E-state index in [-0.39, 0.29) is 36.4 Å². The maximum absolute atomic E-state index is 14.3. The number of carbonyl (C=O) groups excluding carboxylic acids is 1. The molecule has 3 aliphatic heterocycles. The largest absolute Gasteiger partial charge is 0.489 e. The van der Waals surface area contributed by atoms with Crippen molar-refractivity contribution < 1.29 is 23.8 Å². The highest BCUT2D eigenvalue weighted by molar-refractivity contribution is 6.31. The van der Waals surface area contributed by atoms with Crippen molar-refractivity contribution in [1.29, 1.82) is 0 Å². The number of rotatable bonds is 5. The summed E-state index contributed by atoms with van der Waals surface area (Å²) in [5.74, 6) is -1.36. The number of aromatic nitrogens is 3. The molecular weight excluding hydrogens is 501 g/mol. The average Bonchev–Trinajstić information content (AvgIpc) is 3.47. The Morgan fingerprint density at radius 2 is 1.92 bits per heavy atom. The fourth-order valence-corrected chi connectivity index (χ4v) is 6.23. The zero-order valence-corrected chi connectivity index (χ0v) is 21.3. The fourth-order valence-electron chi connectivity index (χ4n) is 6.11. The summed E-state index contributed by atoms with van der Waals surface area (Å²) in [4.78, 5) is 33.1. The molecule has 11 heteroatoms. The van der Waals surface area contributed by atoms with Crippen LogP contribution < -0.4 is 4.74 Å². The molecule has 3 aromatic rings. The molecule has 0 saturated carbocycles. The number of benzene rings is 1. The highest BCUT2D eigenvalue weighted by Gasteiger charge is 2.42. The first kappa shape index (κ1) is 24.1. The van der Waals surface area contributed by atoms with E-state index in [1.54, 1.807) is 9.42 Å². The number of carboxylic acids is 1. The number of aryl methyl sites for hydroxylation is 2. The van der Waals surface area contributed by atoms with Gasteiger partial charge >= 0.3 is 5.97 Å². The molecule has 0 radical (unpaired) electrons. The lowest BCUT2D eigenvalue weighted by atomic mass is 9.99. The number of ether oxygens (including phenoxy) is 1. The molecule has 6 rings (SSSR count). The third-order valence-electron chi connectivity index (χ3n) is 7.87. The summed E-state index contributed by atoms with van der Waals surface area (Å²) >= 11 is 6.34. The SMILES string of the molecule is Cc1nc2c3c(nn2c(C)c1Cl)CN(C(=O)c1ccc(F)cc1O[C@H]1C[C@H]2CC[C@@H](C1)N2CC(=O)O)C3. The number of carboxylic acid groups (broad SMARTS) is 1. The smallest absolute Gasteiger partial charge is 0.317 e. The van der Waals surface area contributed by atoms with Gasteiger partial charge in [0.05, 0.1) is 47.3 Å². The monoisotopic (exact) mass is 527 g/mol. The van der Waals surface area contributed by atoms with E-state index in [2.05, 4.69) is 10.1 Å². The zero-order chi connectivity index (χ0) is 26.0. The second-order valence-corrected chi connectivity index (χ2v) is 10.6. The first-order valence-corrected chi connectivity index (χ1v) is 12.8. The first-order chi connectivity index (χ1) is 17.7. The van der Waals surface area contributed by atoms with E-state index in [1.165, 1.54) is 18.2 Å². The summed E-state index contributed by atoms with van der Waals surface area (Å²) in [7, 11) is 0. The Hall–Kier alpha value is -3.24. The van der Waals surface area contributed by atoms with Crippen LogP contribution in [-0.2, 0) is 17.9 Å². The van der Waals surface area contributed by atoms with E-state index in [0.29, 0.717) is 47.9 Å². The second kappa shape index (κ2) is 8.95. The minimum absolute atomic E-state index is 0.0188. The van der Waals surface area contributed by atoms with Crippen molar-refractivity contribution in [2.24, 2.45) is 0 Å². The van der Waals surface area contributed by atoms with Gasteiger partial charge in [0.2, 0.25) is 0 Å². The van der Waals surface area contributed by atoms with Gasteiger partial charge in [0.15, 0.2) is 5.65 Å². The highest BCUT2D eigenvalue weighted by Crippen LogP contribution is 2.38. The summed E-state index contributed by atoms with van der Waals surface area (Å²) in [6.07, 6.45) is 2.91. The Labute approximate surface area is 217 Å². The molecule has 2 bridgehead atoms. The van der Waals surface area contributed by atoms with Crippen molar-refractivity contribution in [3.05, 3.63) is 57.2 Å². The van der Waals surface area contributed by atoms with Crippen LogP contribution in [0.25, 0.3) is 5.65 Å². The standard InChI is InChI=1S/C26H27ClFN5O4/c1-13-24(27)14(2)33-25(29-13)20-10-31(11-21(20)30-33)26(36)19-6-3-15(28)7-22(19)37-18-8-16-4-5-17(9-18)32(16)12-23(34)35/h3,6-7,16-18H,4-5,8-12H2,1-2H3,(H,34,35)/t16-,17+,18+. The van der Waals surface area contributed by atoms with Crippen LogP contribution in [0.3, 0.4) is 0 Å². The third-order valence-corrected chi connectivity index (χ3v) is 8.42. The lowest BCUT2D eigenvalue weighted by molar-refractivity contribution is -0.140. The summed E-state index contributed by atoms with van der Waals surface area (Å²) in [6.45, 7) is 4.38. The van der Waals surface area contributed by atoms with Crippen molar-refractivity contribution in [3.8, 4) is 5.75 Å². The molecule has 3 aliphatic rings. The lowest BCUT2D eigenvalue weighted by Gasteiger charge is -2.38. The van der Waals surface area contributed by atoms with Gasteiger partial charge in [-0.3, -0.25) is 14.5 Å². The Balaban J connectivity index is 1.22. The summed E-state index contributed by atoms with van der Waals surface area (Å²) < 4.78 is 22.2.